The number of urea groups is 1. The summed E-state index contributed by atoms with van der Waals surface area (Å²) < 4.78 is 10.7. The molecule has 4 saturated carbocycles. The molecule has 32 heavy (non-hydrogen) atoms. The number of rotatable bonds is 6. The molecule has 4 aliphatic carbocycles. The van der Waals surface area contributed by atoms with Gasteiger partial charge in [0.25, 0.3) is 0 Å². The van der Waals surface area contributed by atoms with Crippen LogP contribution in [0.3, 0.4) is 0 Å². The van der Waals surface area contributed by atoms with Crippen LogP contribution in [0, 0.1) is 24.2 Å². The summed E-state index contributed by atoms with van der Waals surface area (Å²) in [6.07, 6.45) is 7.63. The Balaban J connectivity index is 1.30. The molecule has 4 fully saturated rings. The van der Waals surface area contributed by atoms with Crippen LogP contribution in [0.1, 0.15) is 49.7 Å². The van der Waals surface area contributed by atoms with Crippen molar-refractivity contribution in [2.45, 2.75) is 50.9 Å². The highest BCUT2D eigenvalue weighted by Gasteiger charge is 2.58. The third-order valence-electron chi connectivity index (χ3n) is 8.12. The zero-order valence-electron chi connectivity index (χ0n) is 19.4. The predicted molar refractivity (Wildman–Crippen MR) is 127 cm³/mol. The molecule has 0 aliphatic heterocycles. The lowest BCUT2D eigenvalue weighted by molar-refractivity contribution is -0.0692. The third-order valence-corrected chi connectivity index (χ3v) is 8.12. The molecule has 5 nitrogen and oxygen atoms in total. The molecule has 0 aromatic heterocycles. The second-order valence-corrected chi connectivity index (χ2v) is 10.5. The van der Waals surface area contributed by atoms with Crippen LogP contribution in [0.25, 0.3) is 0 Å². The maximum absolute atomic E-state index is 12.8. The lowest BCUT2D eigenvalue weighted by atomic mass is 9.43. The third kappa shape index (κ3) is 3.82. The average Bonchev–Trinajstić information content (AvgIpc) is 2.77. The second kappa shape index (κ2) is 8.02. The molecule has 2 amide bonds. The first-order valence-corrected chi connectivity index (χ1v) is 11.8. The average molecular weight is 435 g/mol. The van der Waals surface area contributed by atoms with Crippen molar-refractivity contribution in [3.05, 3.63) is 53.6 Å². The molecule has 0 spiro atoms. The summed E-state index contributed by atoms with van der Waals surface area (Å²) in [6.45, 7) is 2.89. The van der Waals surface area contributed by atoms with Crippen LogP contribution in [0.5, 0.6) is 11.5 Å². The number of amides is 2. The summed E-state index contributed by atoms with van der Waals surface area (Å²) >= 11 is 0. The maximum atomic E-state index is 12.8. The van der Waals surface area contributed by atoms with E-state index in [1.165, 1.54) is 49.7 Å². The molecule has 2 aromatic carbocycles. The van der Waals surface area contributed by atoms with Crippen molar-refractivity contribution < 1.29 is 14.3 Å². The second-order valence-electron chi connectivity index (χ2n) is 10.5. The highest BCUT2D eigenvalue weighted by molar-refractivity contribution is 5.91. The van der Waals surface area contributed by atoms with Gasteiger partial charge in [-0.2, -0.15) is 0 Å². The zero-order chi connectivity index (χ0) is 22.3. The van der Waals surface area contributed by atoms with Gasteiger partial charge < -0.3 is 20.1 Å². The van der Waals surface area contributed by atoms with Crippen LogP contribution < -0.4 is 20.1 Å². The van der Waals surface area contributed by atoms with Crippen molar-refractivity contribution in [2.24, 2.45) is 17.3 Å². The Hall–Kier alpha value is -2.69. The van der Waals surface area contributed by atoms with Gasteiger partial charge in [0.1, 0.15) is 11.5 Å². The fraction of sp³-hybridized carbons (Fsp3) is 0.519. The largest absolute Gasteiger partial charge is 0.497 e. The Kier molecular flexibility index (Phi) is 5.31. The molecule has 2 N–H and O–H groups in total. The van der Waals surface area contributed by atoms with Crippen molar-refractivity contribution in [3.8, 4) is 11.5 Å². The minimum Gasteiger partial charge on any atom is -0.497 e. The molecule has 2 atom stereocenters. The van der Waals surface area contributed by atoms with Gasteiger partial charge in [-0.25, -0.2) is 4.79 Å². The monoisotopic (exact) mass is 434 g/mol. The van der Waals surface area contributed by atoms with Crippen molar-refractivity contribution in [3.63, 3.8) is 0 Å². The zero-order valence-corrected chi connectivity index (χ0v) is 19.4. The molecule has 0 saturated heterocycles. The molecule has 4 aliphatic rings. The Morgan fingerprint density at radius 2 is 1.72 bits per heavy atom. The predicted octanol–water partition coefficient (Wildman–Crippen LogP) is 5.67. The van der Waals surface area contributed by atoms with E-state index in [1.54, 1.807) is 26.4 Å². The molecular weight excluding hydrogens is 400 g/mol. The van der Waals surface area contributed by atoms with E-state index in [9.17, 15) is 4.79 Å². The maximum Gasteiger partial charge on any atom is 0.319 e. The van der Waals surface area contributed by atoms with Gasteiger partial charge in [-0.05, 0) is 85.8 Å². The van der Waals surface area contributed by atoms with Crippen LogP contribution in [0.4, 0.5) is 10.5 Å². The molecule has 0 unspecified atom stereocenters. The first kappa shape index (κ1) is 21.2. The van der Waals surface area contributed by atoms with E-state index in [0.29, 0.717) is 17.2 Å². The molecule has 0 heterocycles. The summed E-state index contributed by atoms with van der Waals surface area (Å²) in [5.74, 6) is 2.86. The number of carbonyl (C=O) groups excluding carboxylic acids is 1. The van der Waals surface area contributed by atoms with Crippen LogP contribution >= 0.6 is 0 Å². The summed E-state index contributed by atoms with van der Waals surface area (Å²) in [5, 5.41) is 6.17. The van der Waals surface area contributed by atoms with Crippen molar-refractivity contribution >= 4 is 11.7 Å². The molecule has 5 heteroatoms. The van der Waals surface area contributed by atoms with E-state index in [1.807, 2.05) is 6.07 Å². The fourth-order valence-corrected chi connectivity index (χ4v) is 7.25. The van der Waals surface area contributed by atoms with Gasteiger partial charge in [0.05, 0.1) is 19.9 Å². The number of hydrogen-bond acceptors (Lipinski definition) is 3. The summed E-state index contributed by atoms with van der Waals surface area (Å²) in [4.78, 5) is 12.8. The SMILES string of the molecule is COc1ccc(OC)c(NC(=O)NCC23C[C@@H]4C[C@@H](C2)CC(c2ccc(C)cc2)(C4)C3)c1. The van der Waals surface area contributed by atoms with Gasteiger partial charge in [-0.1, -0.05) is 29.8 Å². The highest BCUT2D eigenvalue weighted by Crippen LogP contribution is 2.65. The first-order chi connectivity index (χ1) is 15.4. The van der Waals surface area contributed by atoms with E-state index in [2.05, 4.69) is 41.8 Å². The minimum absolute atomic E-state index is 0.184. The van der Waals surface area contributed by atoms with Crippen molar-refractivity contribution in [1.29, 1.82) is 0 Å². The number of aryl methyl sites for hydroxylation is 1. The van der Waals surface area contributed by atoms with Gasteiger partial charge in [0.2, 0.25) is 0 Å². The molecular formula is C27H34N2O3. The van der Waals surface area contributed by atoms with Gasteiger partial charge in [-0.3, -0.25) is 0 Å². The van der Waals surface area contributed by atoms with Gasteiger partial charge in [0, 0.05) is 12.6 Å². The lowest BCUT2D eigenvalue weighted by Crippen LogP contribution is -2.57. The first-order valence-electron chi connectivity index (χ1n) is 11.8. The van der Waals surface area contributed by atoms with E-state index in [-0.39, 0.29) is 16.9 Å². The van der Waals surface area contributed by atoms with Crippen molar-refractivity contribution in [1.82, 2.24) is 5.32 Å². The topological polar surface area (TPSA) is 59.6 Å². The number of benzene rings is 2. The number of anilines is 1. The molecule has 2 aromatic rings. The number of ether oxygens (including phenoxy) is 2. The summed E-state index contributed by atoms with van der Waals surface area (Å²) in [7, 11) is 3.22. The summed E-state index contributed by atoms with van der Waals surface area (Å²) in [6, 6.07) is 14.4. The van der Waals surface area contributed by atoms with E-state index in [4.69, 9.17) is 9.47 Å². The highest BCUT2D eigenvalue weighted by atomic mass is 16.5. The van der Waals surface area contributed by atoms with Gasteiger partial charge in [-0.15, -0.1) is 0 Å². The van der Waals surface area contributed by atoms with E-state index < -0.39 is 0 Å². The number of methoxy groups -OCH3 is 2. The number of hydrogen-bond donors (Lipinski definition) is 2. The van der Waals surface area contributed by atoms with E-state index in [0.717, 1.165) is 18.4 Å². The molecule has 170 valence electrons. The Morgan fingerprint density at radius 3 is 2.38 bits per heavy atom. The fourth-order valence-electron chi connectivity index (χ4n) is 7.25. The van der Waals surface area contributed by atoms with Gasteiger partial charge in [0.15, 0.2) is 0 Å². The quantitative estimate of drug-likeness (QED) is 0.616. The van der Waals surface area contributed by atoms with E-state index >= 15 is 0 Å². The molecule has 4 bridgehead atoms. The Labute approximate surface area is 190 Å². The van der Waals surface area contributed by atoms with Crippen LogP contribution in [-0.4, -0.2) is 26.8 Å². The van der Waals surface area contributed by atoms with Crippen molar-refractivity contribution in [2.75, 3.05) is 26.1 Å². The van der Waals surface area contributed by atoms with Crippen LogP contribution in [-0.2, 0) is 5.41 Å². The van der Waals surface area contributed by atoms with Crippen LogP contribution in [0.2, 0.25) is 0 Å². The summed E-state index contributed by atoms with van der Waals surface area (Å²) in [5.41, 5.74) is 3.93. The lowest BCUT2D eigenvalue weighted by Gasteiger charge is -2.62. The normalized spacial score (nSPS) is 30.1. The Morgan fingerprint density at radius 1 is 1.00 bits per heavy atom. The number of nitrogens with one attached hydrogen (secondary N) is 2. The number of carbonyl (C=O) groups is 1. The molecule has 0 radical (unpaired) electrons. The standard InChI is InChI=1S/C27H34N2O3/c1-18-4-6-21(7-5-18)27-14-19-10-20(15-27)13-26(12-19,16-27)17-28-25(30)29-23-11-22(31-2)8-9-24(23)32-3/h4-9,11,19-20H,10,12-17H2,1-3H3,(H2,28,29,30)/t19-,20-,26?,27?/m0/s1. The van der Waals surface area contributed by atoms with Gasteiger partial charge >= 0.3 is 6.03 Å². The van der Waals surface area contributed by atoms with Crippen LogP contribution in [0.15, 0.2) is 42.5 Å². The Bertz CT molecular complexity index is 986. The smallest absolute Gasteiger partial charge is 0.319 e. The molecule has 6 rings (SSSR count). The minimum atomic E-state index is -0.184.